The fourth-order valence-electron chi connectivity index (χ4n) is 2.42. The molecule has 1 aromatic heterocycles. The number of carbonyl (C=O) groups excluding carboxylic acids is 1. The molecule has 8 heteroatoms. The van der Waals surface area contributed by atoms with Gasteiger partial charge in [0, 0.05) is 30.6 Å². The molecule has 0 saturated carbocycles. The smallest absolute Gasteiger partial charge is 0.274 e. The molecule has 2 heterocycles. The van der Waals surface area contributed by atoms with Gasteiger partial charge in [-0.05, 0) is 31.2 Å². The van der Waals surface area contributed by atoms with Gasteiger partial charge >= 0.3 is 0 Å². The zero-order chi connectivity index (χ0) is 16.2. The molecule has 0 unspecified atom stereocenters. The van der Waals surface area contributed by atoms with Crippen molar-refractivity contribution in [2.24, 2.45) is 0 Å². The number of piperazine rings is 1. The number of hydrogen-bond donors (Lipinski definition) is 1. The minimum Gasteiger partial charge on any atom is -0.332 e. The Balaban J connectivity index is 0.00000208. The van der Waals surface area contributed by atoms with E-state index in [1.807, 2.05) is 36.1 Å². The van der Waals surface area contributed by atoms with Crippen molar-refractivity contribution >= 4 is 41.7 Å². The van der Waals surface area contributed by atoms with Gasteiger partial charge in [0.2, 0.25) is 0 Å². The van der Waals surface area contributed by atoms with Crippen molar-refractivity contribution in [1.82, 2.24) is 20.4 Å². The lowest BCUT2D eigenvalue weighted by Crippen LogP contribution is -2.52. The lowest BCUT2D eigenvalue weighted by molar-refractivity contribution is 0.0648. The average molecular weight is 385 g/mol. The molecule has 1 aliphatic heterocycles. The van der Waals surface area contributed by atoms with Gasteiger partial charge in [0.1, 0.15) is 5.03 Å². The Hall–Kier alpha value is -1.34. The molecule has 24 heavy (non-hydrogen) atoms. The van der Waals surface area contributed by atoms with Crippen LogP contribution in [0.4, 0.5) is 0 Å². The molecule has 1 fully saturated rings. The third-order valence-electron chi connectivity index (χ3n) is 3.67. The van der Waals surface area contributed by atoms with E-state index in [0.29, 0.717) is 22.3 Å². The standard InChI is InChI=1S/C16H17ClN4OS.ClH/c1-11-10-18-8-9-21(11)16(22)13-6-7-15(20-19-13)23-14-5-3-2-4-12(14)17;/h2-7,11,18H,8-10H2,1H3;1H/t11-;/m1./s1. The second-order valence-corrected chi connectivity index (χ2v) is 6.81. The van der Waals surface area contributed by atoms with Crippen LogP contribution in [0.3, 0.4) is 0 Å². The Labute approximate surface area is 156 Å². The van der Waals surface area contributed by atoms with Crippen molar-refractivity contribution < 1.29 is 4.79 Å². The highest BCUT2D eigenvalue weighted by atomic mass is 35.5. The number of nitrogens with one attached hydrogen (secondary N) is 1. The van der Waals surface area contributed by atoms with E-state index in [4.69, 9.17) is 11.6 Å². The number of halogens is 2. The molecule has 2 aromatic rings. The Morgan fingerprint density at radius 2 is 2.08 bits per heavy atom. The van der Waals surface area contributed by atoms with Crippen molar-refractivity contribution in [3.05, 3.63) is 47.1 Å². The molecule has 0 aliphatic carbocycles. The van der Waals surface area contributed by atoms with Crippen molar-refractivity contribution in [2.45, 2.75) is 22.9 Å². The minimum absolute atomic E-state index is 0. The predicted molar refractivity (Wildman–Crippen MR) is 98.2 cm³/mol. The van der Waals surface area contributed by atoms with Crippen LogP contribution in [0, 0.1) is 0 Å². The lowest BCUT2D eigenvalue weighted by Gasteiger charge is -2.33. The van der Waals surface area contributed by atoms with Crippen LogP contribution in [-0.2, 0) is 0 Å². The van der Waals surface area contributed by atoms with E-state index in [9.17, 15) is 4.79 Å². The molecule has 3 rings (SSSR count). The summed E-state index contributed by atoms with van der Waals surface area (Å²) >= 11 is 7.57. The van der Waals surface area contributed by atoms with Crippen LogP contribution in [0.25, 0.3) is 0 Å². The average Bonchev–Trinajstić information content (AvgIpc) is 2.57. The summed E-state index contributed by atoms with van der Waals surface area (Å²) in [6.07, 6.45) is 0. The van der Waals surface area contributed by atoms with Gasteiger partial charge in [0.05, 0.1) is 5.02 Å². The minimum atomic E-state index is -0.0687. The molecule has 1 N–H and O–H groups in total. The number of rotatable bonds is 3. The molecule has 1 aromatic carbocycles. The fourth-order valence-corrected chi connectivity index (χ4v) is 3.43. The Kier molecular flexibility index (Phi) is 6.86. The molecule has 128 valence electrons. The summed E-state index contributed by atoms with van der Waals surface area (Å²) in [5.41, 5.74) is 0.377. The first-order valence-electron chi connectivity index (χ1n) is 7.43. The molecular formula is C16H18Cl2N4OS. The number of carbonyl (C=O) groups is 1. The molecule has 1 aliphatic rings. The molecule has 0 bridgehead atoms. The summed E-state index contributed by atoms with van der Waals surface area (Å²) < 4.78 is 0. The summed E-state index contributed by atoms with van der Waals surface area (Å²) in [4.78, 5) is 15.3. The van der Waals surface area contributed by atoms with Crippen LogP contribution in [0.1, 0.15) is 17.4 Å². The highest BCUT2D eigenvalue weighted by Crippen LogP contribution is 2.31. The Morgan fingerprint density at radius 1 is 1.29 bits per heavy atom. The maximum Gasteiger partial charge on any atom is 0.274 e. The SMILES string of the molecule is C[C@@H]1CNCCN1C(=O)c1ccc(Sc2ccccc2Cl)nn1.Cl. The van der Waals surface area contributed by atoms with Gasteiger partial charge in [-0.3, -0.25) is 4.79 Å². The third kappa shape index (κ3) is 4.39. The molecular weight excluding hydrogens is 367 g/mol. The van der Waals surface area contributed by atoms with Gasteiger partial charge in [-0.25, -0.2) is 0 Å². The summed E-state index contributed by atoms with van der Waals surface area (Å²) in [5, 5.41) is 12.9. The normalized spacial score (nSPS) is 17.2. The van der Waals surface area contributed by atoms with Crippen molar-refractivity contribution in [1.29, 1.82) is 0 Å². The molecule has 1 saturated heterocycles. The summed E-state index contributed by atoms with van der Waals surface area (Å²) in [5.74, 6) is -0.0687. The number of benzene rings is 1. The van der Waals surface area contributed by atoms with Crippen LogP contribution in [0.5, 0.6) is 0 Å². The van der Waals surface area contributed by atoms with Crippen LogP contribution >= 0.6 is 35.8 Å². The van der Waals surface area contributed by atoms with E-state index in [1.165, 1.54) is 11.8 Å². The lowest BCUT2D eigenvalue weighted by atomic mass is 10.2. The first-order chi connectivity index (χ1) is 11.1. The van der Waals surface area contributed by atoms with Crippen LogP contribution in [0.15, 0.2) is 46.3 Å². The fraction of sp³-hybridized carbons (Fsp3) is 0.312. The zero-order valence-corrected chi connectivity index (χ0v) is 15.5. The van der Waals surface area contributed by atoms with E-state index in [1.54, 1.807) is 12.1 Å². The molecule has 0 spiro atoms. The van der Waals surface area contributed by atoms with Gasteiger partial charge < -0.3 is 10.2 Å². The third-order valence-corrected chi connectivity index (χ3v) is 5.12. The van der Waals surface area contributed by atoms with Crippen LogP contribution in [0.2, 0.25) is 5.02 Å². The first kappa shape index (κ1) is 19.0. The van der Waals surface area contributed by atoms with Gasteiger partial charge in [0.25, 0.3) is 5.91 Å². The Bertz CT molecular complexity index is 699. The van der Waals surface area contributed by atoms with E-state index < -0.39 is 0 Å². The van der Waals surface area contributed by atoms with Gasteiger partial charge in [-0.15, -0.1) is 22.6 Å². The van der Waals surface area contributed by atoms with Gasteiger partial charge in [-0.2, -0.15) is 0 Å². The van der Waals surface area contributed by atoms with E-state index in [2.05, 4.69) is 15.5 Å². The largest absolute Gasteiger partial charge is 0.332 e. The van der Waals surface area contributed by atoms with Crippen LogP contribution < -0.4 is 5.32 Å². The summed E-state index contributed by atoms with van der Waals surface area (Å²) in [7, 11) is 0. The summed E-state index contributed by atoms with van der Waals surface area (Å²) in [6, 6.07) is 11.3. The molecule has 1 atom stereocenters. The quantitative estimate of drug-likeness (QED) is 0.880. The maximum atomic E-state index is 12.5. The number of hydrogen-bond acceptors (Lipinski definition) is 5. The highest BCUT2D eigenvalue weighted by molar-refractivity contribution is 7.99. The van der Waals surface area contributed by atoms with Crippen molar-refractivity contribution in [2.75, 3.05) is 19.6 Å². The van der Waals surface area contributed by atoms with Gasteiger partial charge in [-0.1, -0.05) is 35.5 Å². The van der Waals surface area contributed by atoms with Gasteiger partial charge in [0.15, 0.2) is 5.69 Å². The number of aromatic nitrogens is 2. The maximum absolute atomic E-state index is 12.5. The highest BCUT2D eigenvalue weighted by Gasteiger charge is 2.25. The van der Waals surface area contributed by atoms with E-state index >= 15 is 0 Å². The zero-order valence-electron chi connectivity index (χ0n) is 13.1. The molecule has 5 nitrogen and oxygen atoms in total. The van der Waals surface area contributed by atoms with Crippen LogP contribution in [-0.4, -0.2) is 46.7 Å². The number of nitrogens with zero attached hydrogens (tertiary/aromatic N) is 3. The monoisotopic (exact) mass is 384 g/mol. The topological polar surface area (TPSA) is 58.1 Å². The van der Waals surface area contributed by atoms with E-state index in [0.717, 1.165) is 18.0 Å². The van der Waals surface area contributed by atoms with E-state index in [-0.39, 0.29) is 24.4 Å². The predicted octanol–water partition coefficient (Wildman–Crippen LogP) is 3.14. The first-order valence-corrected chi connectivity index (χ1v) is 8.62. The molecule has 1 amide bonds. The Morgan fingerprint density at radius 3 is 2.75 bits per heavy atom. The number of amides is 1. The summed E-state index contributed by atoms with van der Waals surface area (Å²) in [6.45, 7) is 4.33. The van der Waals surface area contributed by atoms with Crippen molar-refractivity contribution in [3.8, 4) is 0 Å². The second-order valence-electron chi connectivity index (χ2n) is 5.34. The second kappa shape index (κ2) is 8.67. The molecule has 0 radical (unpaired) electrons. The van der Waals surface area contributed by atoms with Crippen molar-refractivity contribution in [3.63, 3.8) is 0 Å².